The molecule has 0 unspecified atom stereocenters. The van der Waals surface area contributed by atoms with Gasteiger partial charge in [0.2, 0.25) is 5.95 Å². The number of hydrogen-bond donors (Lipinski definition) is 0. The largest absolute Gasteiger partial charge is 0.368 e. The maximum absolute atomic E-state index is 4.87. The monoisotopic (exact) mass is 373 g/mol. The molecule has 2 heterocycles. The summed E-state index contributed by atoms with van der Waals surface area (Å²) in [6, 6.07) is 23.2. The van der Waals surface area contributed by atoms with E-state index in [0.29, 0.717) is 0 Å². The van der Waals surface area contributed by atoms with Crippen molar-refractivity contribution >= 4 is 17.5 Å². The Labute approximate surface area is 167 Å². The number of hydrogen-bond acceptors (Lipinski definition) is 5. The van der Waals surface area contributed by atoms with Crippen LogP contribution in [0.2, 0.25) is 0 Å². The molecule has 4 rings (SSSR count). The quantitative estimate of drug-likeness (QED) is 0.681. The summed E-state index contributed by atoms with van der Waals surface area (Å²) in [5.41, 5.74) is 3.56. The van der Waals surface area contributed by atoms with E-state index in [4.69, 9.17) is 4.98 Å². The normalized spacial score (nSPS) is 14.2. The highest BCUT2D eigenvalue weighted by molar-refractivity contribution is 5.51. The fourth-order valence-electron chi connectivity index (χ4n) is 3.63. The minimum Gasteiger partial charge on any atom is -0.368 e. The van der Waals surface area contributed by atoms with Gasteiger partial charge in [-0.1, -0.05) is 48.5 Å². The smallest absolute Gasteiger partial charge is 0.227 e. The van der Waals surface area contributed by atoms with Crippen LogP contribution in [0.15, 0.2) is 66.7 Å². The van der Waals surface area contributed by atoms with E-state index in [2.05, 4.69) is 87.4 Å². The summed E-state index contributed by atoms with van der Waals surface area (Å²) in [5, 5.41) is 0. The van der Waals surface area contributed by atoms with Gasteiger partial charge in [-0.2, -0.15) is 4.98 Å². The minimum atomic E-state index is 0.782. The van der Waals surface area contributed by atoms with Crippen LogP contribution in [-0.4, -0.2) is 43.2 Å². The number of aromatic nitrogens is 2. The van der Waals surface area contributed by atoms with Crippen molar-refractivity contribution in [2.24, 2.45) is 0 Å². The highest BCUT2D eigenvalue weighted by Gasteiger charge is 2.19. The number of benzene rings is 2. The molecule has 3 aromatic rings. The Balaban J connectivity index is 1.45. The molecule has 5 nitrogen and oxygen atoms in total. The van der Waals surface area contributed by atoms with Gasteiger partial charge in [0.05, 0.1) is 0 Å². The topological polar surface area (TPSA) is 35.5 Å². The Morgan fingerprint density at radius 1 is 0.821 bits per heavy atom. The first-order valence-electron chi connectivity index (χ1n) is 9.85. The molecule has 0 atom stereocenters. The number of anilines is 3. The van der Waals surface area contributed by atoms with E-state index in [1.807, 2.05) is 13.0 Å². The van der Waals surface area contributed by atoms with Crippen molar-refractivity contribution in [3.8, 4) is 0 Å². The van der Waals surface area contributed by atoms with Gasteiger partial charge in [-0.3, -0.25) is 0 Å². The summed E-state index contributed by atoms with van der Waals surface area (Å²) in [5.74, 6) is 1.81. The second-order valence-electron chi connectivity index (χ2n) is 7.32. The van der Waals surface area contributed by atoms with E-state index in [-0.39, 0.29) is 0 Å². The molecule has 2 aromatic carbocycles. The van der Waals surface area contributed by atoms with E-state index >= 15 is 0 Å². The van der Waals surface area contributed by atoms with Gasteiger partial charge in [0.15, 0.2) is 0 Å². The third kappa shape index (κ3) is 4.25. The maximum atomic E-state index is 4.87. The van der Waals surface area contributed by atoms with Crippen molar-refractivity contribution < 1.29 is 0 Å². The van der Waals surface area contributed by atoms with E-state index in [0.717, 1.165) is 50.2 Å². The lowest BCUT2D eigenvalue weighted by molar-refractivity contribution is 0.645. The molecular weight excluding hydrogens is 346 g/mol. The van der Waals surface area contributed by atoms with Crippen molar-refractivity contribution in [3.63, 3.8) is 0 Å². The van der Waals surface area contributed by atoms with E-state index in [9.17, 15) is 0 Å². The summed E-state index contributed by atoms with van der Waals surface area (Å²) in [6.45, 7) is 6.78. The summed E-state index contributed by atoms with van der Waals surface area (Å²) >= 11 is 0. The van der Waals surface area contributed by atoms with Gasteiger partial charge in [0.1, 0.15) is 5.82 Å². The fourth-order valence-corrected chi connectivity index (χ4v) is 3.63. The zero-order chi connectivity index (χ0) is 19.3. The van der Waals surface area contributed by atoms with Gasteiger partial charge in [0, 0.05) is 57.2 Å². The summed E-state index contributed by atoms with van der Waals surface area (Å²) in [4.78, 5) is 16.5. The van der Waals surface area contributed by atoms with Gasteiger partial charge in [-0.05, 0) is 24.6 Å². The lowest BCUT2D eigenvalue weighted by Gasteiger charge is -2.37. The number of para-hydroxylation sites is 1. The number of rotatable bonds is 5. The van der Waals surface area contributed by atoms with E-state index < -0.39 is 0 Å². The third-order valence-corrected chi connectivity index (χ3v) is 5.16. The van der Waals surface area contributed by atoms with Crippen molar-refractivity contribution in [1.29, 1.82) is 0 Å². The Bertz CT molecular complexity index is 889. The zero-order valence-corrected chi connectivity index (χ0v) is 16.6. The highest BCUT2D eigenvalue weighted by Crippen LogP contribution is 2.22. The average Bonchev–Trinajstić information content (AvgIpc) is 2.75. The fraction of sp³-hybridized carbons (Fsp3) is 0.304. The molecule has 1 saturated heterocycles. The van der Waals surface area contributed by atoms with Gasteiger partial charge in [-0.15, -0.1) is 0 Å². The third-order valence-electron chi connectivity index (χ3n) is 5.16. The van der Waals surface area contributed by atoms with E-state index in [1.54, 1.807) is 0 Å². The van der Waals surface area contributed by atoms with Crippen molar-refractivity contribution in [1.82, 2.24) is 9.97 Å². The molecule has 0 amide bonds. The van der Waals surface area contributed by atoms with Crippen LogP contribution in [0, 0.1) is 6.92 Å². The van der Waals surface area contributed by atoms with Crippen molar-refractivity contribution in [2.75, 3.05) is 47.9 Å². The lowest BCUT2D eigenvalue weighted by atomic mass is 10.2. The second-order valence-corrected chi connectivity index (χ2v) is 7.32. The van der Waals surface area contributed by atoms with Crippen molar-refractivity contribution in [3.05, 3.63) is 78.0 Å². The Hall–Kier alpha value is -3.08. The first kappa shape index (κ1) is 18.3. The zero-order valence-electron chi connectivity index (χ0n) is 16.6. The molecule has 28 heavy (non-hydrogen) atoms. The molecule has 0 radical (unpaired) electrons. The minimum absolute atomic E-state index is 0.782. The molecule has 1 aromatic heterocycles. The van der Waals surface area contributed by atoms with Crippen LogP contribution in [0.1, 0.15) is 11.3 Å². The standard InChI is InChI=1S/C23H27N5/c1-19-17-22(25-23(24-19)26(2)18-20-9-5-3-6-10-20)28-15-13-27(14-16-28)21-11-7-4-8-12-21/h3-12,17H,13-16,18H2,1-2H3. The van der Waals surface area contributed by atoms with Crippen LogP contribution in [0.5, 0.6) is 0 Å². The van der Waals surface area contributed by atoms with Crippen molar-refractivity contribution in [2.45, 2.75) is 13.5 Å². The Morgan fingerprint density at radius 3 is 2.11 bits per heavy atom. The summed E-state index contributed by atoms with van der Waals surface area (Å²) in [7, 11) is 2.05. The highest BCUT2D eigenvalue weighted by atomic mass is 15.3. The first-order valence-corrected chi connectivity index (χ1v) is 9.85. The van der Waals surface area contributed by atoms with Gasteiger partial charge in [0.25, 0.3) is 0 Å². The van der Waals surface area contributed by atoms with Crippen LogP contribution in [-0.2, 0) is 6.54 Å². The van der Waals surface area contributed by atoms with Gasteiger partial charge in [-0.25, -0.2) is 4.98 Å². The predicted octanol–water partition coefficient (Wildman–Crippen LogP) is 3.75. The molecule has 1 aliphatic heterocycles. The maximum Gasteiger partial charge on any atom is 0.227 e. The Kier molecular flexibility index (Phi) is 5.42. The summed E-state index contributed by atoms with van der Waals surface area (Å²) < 4.78 is 0. The van der Waals surface area contributed by atoms with Crippen LogP contribution in [0.25, 0.3) is 0 Å². The summed E-state index contributed by atoms with van der Waals surface area (Å²) in [6.07, 6.45) is 0. The van der Waals surface area contributed by atoms with Crippen LogP contribution < -0.4 is 14.7 Å². The molecule has 0 N–H and O–H groups in total. The molecule has 1 fully saturated rings. The molecule has 5 heteroatoms. The Morgan fingerprint density at radius 2 is 1.43 bits per heavy atom. The predicted molar refractivity (Wildman–Crippen MR) is 116 cm³/mol. The number of aryl methyl sites for hydroxylation is 1. The first-order chi connectivity index (χ1) is 13.7. The molecule has 1 aliphatic rings. The van der Waals surface area contributed by atoms with Crippen LogP contribution in [0.4, 0.5) is 17.5 Å². The molecule has 0 spiro atoms. The number of nitrogens with zero attached hydrogens (tertiary/aromatic N) is 5. The molecular formula is C23H27N5. The van der Waals surface area contributed by atoms with Gasteiger partial charge >= 0.3 is 0 Å². The van der Waals surface area contributed by atoms with E-state index in [1.165, 1.54) is 11.3 Å². The number of piperazine rings is 1. The molecule has 144 valence electrons. The molecule has 0 bridgehead atoms. The van der Waals surface area contributed by atoms with Crippen LogP contribution >= 0.6 is 0 Å². The van der Waals surface area contributed by atoms with Gasteiger partial charge < -0.3 is 14.7 Å². The lowest BCUT2D eigenvalue weighted by Crippen LogP contribution is -2.47. The second kappa shape index (κ2) is 8.30. The average molecular weight is 374 g/mol. The SMILES string of the molecule is Cc1cc(N2CCN(c3ccccc3)CC2)nc(N(C)Cc2ccccc2)n1. The molecule has 0 saturated carbocycles. The van der Waals surface area contributed by atoms with Crippen LogP contribution in [0.3, 0.4) is 0 Å². The molecule has 0 aliphatic carbocycles.